The molecule has 0 aliphatic rings. The summed E-state index contributed by atoms with van der Waals surface area (Å²) < 4.78 is 13.0. The summed E-state index contributed by atoms with van der Waals surface area (Å²) in [6, 6.07) is 3.55. The van der Waals surface area contributed by atoms with E-state index in [1.807, 2.05) is 0 Å². The summed E-state index contributed by atoms with van der Waals surface area (Å²) in [5.41, 5.74) is 0.358. The van der Waals surface area contributed by atoms with Crippen LogP contribution in [0.4, 0.5) is 10.1 Å². The highest BCUT2D eigenvalue weighted by molar-refractivity contribution is 6.02. The lowest BCUT2D eigenvalue weighted by Gasteiger charge is -2.04. The van der Waals surface area contributed by atoms with Crippen LogP contribution in [0.1, 0.15) is 10.5 Å². The Labute approximate surface area is 96.0 Å². The van der Waals surface area contributed by atoms with Crippen LogP contribution in [0.3, 0.4) is 0 Å². The Hall–Kier alpha value is -2.50. The molecule has 1 heterocycles. The average Bonchev–Trinajstić information content (AvgIpc) is 2.35. The molecule has 0 fully saturated rings. The Morgan fingerprint density at radius 2 is 2.18 bits per heavy atom. The molecule has 5 nitrogen and oxygen atoms in total. The molecule has 0 saturated heterocycles. The fourth-order valence-corrected chi connectivity index (χ4v) is 1.20. The third-order valence-corrected chi connectivity index (χ3v) is 2.00. The number of nitrogens with one attached hydrogen (secondary N) is 1. The summed E-state index contributed by atoms with van der Waals surface area (Å²) in [4.78, 5) is 19.2. The molecule has 6 heteroatoms. The van der Waals surface area contributed by atoms with Crippen LogP contribution in [0.25, 0.3) is 0 Å². The van der Waals surface area contributed by atoms with E-state index < -0.39 is 17.5 Å². The van der Waals surface area contributed by atoms with Gasteiger partial charge < -0.3 is 10.4 Å². The molecule has 1 aromatic heterocycles. The number of aromatic hydroxyl groups is 1. The summed E-state index contributed by atoms with van der Waals surface area (Å²) in [5.74, 6) is -1.77. The Bertz CT molecular complexity index is 546. The lowest BCUT2D eigenvalue weighted by atomic mass is 10.3. The summed E-state index contributed by atoms with van der Waals surface area (Å²) >= 11 is 0. The Balaban J connectivity index is 2.16. The van der Waals surface area contributed by atoms with E-state index in [1.54, 1.807) is 0 Å². The van der Waals surface area contributed by atoms with Gasteiger partial charge in [-0.2, -0.15) is 0 Å². The van der Waals surface area contributed by atoms with Gasteiger partial charge in [-0.3, -0.25) is 9.78 Å². The predicted molar refractivity (Wildman–Crippen MR) is 58.1 cm³/mol. The maximum Gasteiger partial charge on any atom is 0.275 e. The van der Waals surface area contributed by atoms with Gasteiger partial charge in [0.2, 0.25) is 0 Å². The van der Waals surface area contributed by atoms with Crippen molar-refractivity contribution in [3.63, 3.8) is 0 Å². The number of benzene rings is 1. The second-order valence-electron chi connectivity index (χ2n) is 3.21. The van der Waals surface area contributed by atoms with Gasteiger partial charge in [0.15, 0.2) is 11.6 Å². The molecule has 0 aliphatic heterocycles. The molecule has 0 unspecified atom stereocenters. The number of phenols is 1. The fourth-order valence-electron chi connectivity index (χ4n) is 1.20. The van der Waals surface area contributed by atoms with Gasteiger partial charge in [-0.1, -0.05) is 0 Å². The second-order valence-corrected chi connectivity index (χ2v) is 3.21. The fraction of sp³-hybridized carbons (Fsp3) is 0. The second kappa shape index (κ2) is 4.56. The molecule has 0 bridgehead atoms. The highest BCUT2D eigenvalue weighted by Crippen LogP contribution is 2.19. The van der Waals surface area contributed by atoms with Gasteiger partial charge in [0.1, 0.15) is 5.69 Å². The first-order chi connectivity index (χ1) is 8.16. The monoisotopic (exact) mass is 233 g/mol. The van der Waals surface area contributed by atoms with Crippen LogP contribution in [0.15, 0.2) is 36.8 Å². The summed E-state index contributed by atoms with van der Waals surface area (Å²) in [6.07, 6.45) is 4.12. The summed E-state index contributed by atoms with van der Waals surface area (Å²) in [5, 5.41) is 11.4. The summed E-state index contributed by atoms with van der Waals surface area (Å²) in [7, 11) is 0. The van der Waals surface area contributed by atoms with E-state index in [4.69, 9.17) is 5.11 Å². The first kappa shape index (κ1) is 11.0. The molecule has 1 aromatic carbocycles. The summed E-state index contributed by atoms with van der Waals surface area (Å²) in [6.45, 7) is 0. The minimum absolute atomic E-state index is 0.126. The van der Waals surface area contributed by atoms with Crippen LogP contribution in [0, 0.1) is 5.82 Å². The zero-order chi connectivity index (χ0) is 12.3. The number of carbonyl (C=O) groups excluding carboxylic acids is 1. The van der Waals surface area contributed by atoms with Crippen molar-refractivity contribution in [3.05, 3.63) is 48.3 Å². The number of rotatable bonds is 2. The van der Waals surface area contributed by atoms with Crippen molar-refractivity contribution in [2.45, 2.75) is 0 Å². The number of anilines is 1. The first-order valence-corrected chi connectivity index (χ1v) is 4.72. The van der Waals surface area contributed by atoms with E-state index in [-0.39, 0.29) is 11.4 Å². The Morgan fingerprint density at radius 1 is 1.35 bits per heavy atom. The highest BCUT2D eigenvalue weighted by atomic mass is 19.1. The third-order valence-electron chi connectivity index (χ3n) is 2.00. The first-order valence-electron chi connectivity index (χ1n) is 4.72. The largest absolute Gasteiger partial charge is 0.505 e. The van der Waals surface area contributed by atoms with Crippen LogP contribution in [0.5, 0.6) is 5.75 Å². The minimum Gasteiger partial charge on any atom is -0.505 e. The van der Waals surface area contributed by atoms with Crippen LogP contribution < -0.4 is 5.32 Å². The number of halogens is 1. The number of carbonyl (C=O) groups is 1. The van der Waals surface area contributed by atoms with Crippen molar-refractivity contribution in [2.75, 3.05) is 5.32 Å². The van der Waals surface area contributed by atoms with Gasteiger partial charge >= 0.3 is 0 Å². The van der Waals surface area contributed by atoms with Crippen molar-refractivity contribution in [1.82, 2.24) is 9.97 Å². The zero-order valence-corrected chi connectivity index (χ0v) is 8.59. The Morgan fingerprint density at radius 3 is 2.82 bits per heavy atom. The molecule has 0 saturated carbocycles. The molecule has 1 amide bonds. The van der Waals surface area contributed by atoms with E-state index in [9.17, 15) is 9.18 Å². The normalized spacial score (nSPS) is 9.94. The molecular weight excluding hydrogens is 225 g/mol. The molecule has 17 heavy (non-hydrogen) atoms. The molecule has 2 rings (SSSR count). The van der Waals surface area contributed by atoms with Crippen molar-refractivity contribution < 1.29 is 14.3 Å². The maximum atomic E-state index is 13.0. The molecular formula is C11H8FN3O2. The number of hydrogen-bond acceptors (Lipinski definition) is 4. The van der Waals surface area contributed by atoms with Gasteiger partial charge in [-0.15, -0.1) is 0 Å². The molecule has 0 aliphatic carbocycles. The standard InChI is InChI=1S/C11H8FN3O2/c12-8-5-7(1-2-10(8)16)15-11(17)9-6-13-3-4-14-9/h1-6,16H,(H,15,17). The number of hydrogen-bond donors (Lipinski definition) is 2. The van der Waals surface area contributed by atoms with E-state index in [1.165, 1.54) is 24.7 Å². The van der Waals surface area contributed by atoms with Gasteiger partial charge in [0, 0.05) is 24.1 Å². The number of nitrogens with zero attached hydrogens (tertiary/aromatic N) is 2. The minimum atomic E-state index is -0.804. The topological polar surface area (TPSA) is 75.1 Å². The lowest BCUT2D eigenvalue weighted by molar-refractivity contribution is 0.102. The third kappa shape index (κ3) is 2.54. The van der Waals surface area contributed by atoms with Crippen LogP contribution >= 0.6 is 0 Å². The lowest BCUT2D eigenvalue weighted by Crippen LogP contribution is -2.13. The van der Waals surface area contributed by atoms with Gasteiger partial charge in [0.25, 0.3) is 5.91 Å². The van der Waals surface area contributed by atoms with Gasteiger partial charge in [-0.05, 0) is 12.1 Å². The van der Waals surface area contributed by atoms with Crippen LogP contribution in [0.2, 0.25) is 0 Å². The average molecular weight is 233 g/mol. The van der Waals surface area contributed by atoms with E-state index in [0.29, 0.717) is 0 Å². The molecule has 86 valence electrons. The van der Waals surface area contributed by atoms with Crippen LogP contribution in [-0.2, 0) is 0 Å². The van der Waals surface area contributed by atoms with E-state index >= 15 is 0 Å². The maximum absolute atomic E-state index is 13.0. The van der Waals surface area contributed by atoms with Gasteiger partial charge in [-0.25, -0.2) is 9.37 Å². The SMILES string of the molecule is O=C(Nc1ccc(O)c(F)c1)c1cnccn1. The predicted octanol–water partition coefficient (Wildman–Crippen LogP) is 1.57. The van der Waals surface area contributed by atoms with Crippen molar-refractivity contribution >= 4 is 11.6 Å². The number of aromatic nitrogens is 2. The highest BCUT2D eigenvalue weighted by Gasteiger charge is 2.08. The van der Waals surface area contributed by atoms with Crippen molar-refractivity contribution in [1.29, 1.82) is 0 Å². The van der Waals surface area contributed by atoms with Crippen molar-refractivity contribution in [2.24, 2.45) is 0 Å². The molecule has 0 spiro atoms. The van der Waals surface area contributed by atoms with E-state index in [2.05, 4.69) is 15.3 Å². The molecule has 2 aromatic rings. The van der Waals surface area contributed by atoms with Gasteiger partial charge in [0.05, 0.1) is 6.20 Å². The molecule has 0 radical (unpaired) electrons. The Kier molecular flexibility index (Phi) is 2.95. The molecule has 0 atom stereocenters. The zero-order valence-electron chi connectivity index (χ0n) is 8.59. The smallest absolute Gasteiger partial charge is 0.275 e. The van der Waals surface area contributed by atoms with E-state index in [0.717, 1.165) is 12.1 Å². The quantitative estimate of drug-likeness (QED) is 0.772. The molecule has 2 N–H and O–H groups in total. The van der Waals surface area contributed by atoms with Crippen molar-refractivity contribution in [3.8, 4) is 5.75 Å². The number of amides is 1. The van der Waals surface area contributed by atoms with Crippen LogP contribution in [-0.4, -0.2) is 21.0 Å². The number of phenolic OH excluding ortho intramolecular Hbond substituents is 1.